The second-order valence-corrected chi connectivity index (χ2v) is 18.8. The van der Waals surface area contributed by atoms with E-state index in [4.69, 9.17) is 19.7 Å². The molecule has 0 radical (unpaired) electrons. The first-order valence-electron chi connectivity index (χ1n) is 18.5. The highest BCUT2D eigenvalue weighted by Crippen LogP contribution is 2.47. The summed E-state index contributed by atoms with van der Waals surface area (Å²) in [6, 6.07) is 5.61. The molecule has 17 heteroatoms. The van der Waals surface area contributed by atoms with Crippen LogP contribution in [0.4, 0.5) is 0 Å². The highest BCUT2D eigenvalue weighted by molar-refractivity contribution is 7.91. The molecule has 4 fully saturated rings. The number of amides is 3. The van der Waals surface area contributed by atoms with Crippen molar-refractivity contribution in [1.29, 1.82) is 0 Å². The zero-order chi connectivity index (χ0) is 38.6. The van der Waals surface area contributed by atoms with E-state index in [9.17, 15) is 27.6 Å². The zero-order valence-corrected chi connectivity index (χ0v) is 32.7. The maximum absolute atomic E-state index is 14.7. The SMILES string of the molecule is CC[C@@H]1C[C@@]1(NC(=O)[C@@H]1C[C@@H](n2nc(-c3ccc(OC)cc3)c(-c3nccs3)n2)CN1C(=O)[C@H](C(=O)OC1CCC1)C(C)(C)C)C(=O)NS(=O)(=O)C1CC1. The lowest BCUT2D eigenvalue weighted by molar-refractivity contribution is -0.169. The normalized spacial score (nSPS) is 24.7. The molecule has 54 heavy (non-hydrogen) atoms. The fourth-order valence-electron chi connectivity index (χ4n) is 7.39. The fraction of sp³-hybridized carbons (Fsp3) is 0.595. The van der Waals surface area contributed by atoms with Crippen LogP contribution in [0.25, 0.3) is 22.0 Å². The summed E-state index contributed by atoms with van der Waals surface area (Å²) in [6.07, 6.45) is 5.63. The number of ether oxygens (including phenoxy) is 2. The lowest BCUT2D eigenvalue weighted by Crippen LogP contribution is -2.58. The van der Waals surface area contributed by atoms with Crippen LogP contribution < -0.4 is 14.8 Å². The van der Waals surface area contributed by atoms with Crippen molar-refractivity contribution in [3.05, 3.63) is 35.8 Å². The Morgan fingerprint density at radius 3 is 2.31 bits per heavy atom. The van der Waals surface area contributed by atoms with E-state index in [-0.39, 0.29) is 31.4 Å². The number of carbonyl (C=O) groups excluding carboxylic acids is 4. The van der Waals surface area contributed by atoms with Gasteiger partial charge in [0.05, 0.1) is 18.4 Å². The number of esters is 1. The molecular weight excluding hydrogens is 735 g/mol. The van der Waals surface area contributed by atoms with Gasteiger partial charge in [0.2, 0.25) is 21.8 Å². The number of hydrogen-bond donors (Lipinski definition) is 2. The summed E-state index contributed by atoms with van der Waals surface area (Å²) in [5.41, 5.74) is -0.480. The van der Waals surface area contributed by atoms with E-state index >= 15 is 0 Å². The molecule has 3 aromatic rings. The number of thiazole rings is 1. The van der Waals surface area contributed by atoms with Gasteiger partial charge in [0.15, 0.2) is 0 Å². The molecule has 290 valence electrons. The second-order valence-electron chi connectivity index (χ2n) is 15.9. The minimum absolute atomic E-state index is 0.0132. The molecule has 0 spiro atoms. The summed E-state index contributed by atoms with van der Waals surface area (Å²) in [5.74, 6) is -3.45. The zero-order valence-electron chi connectivity index (χ0n) is 31.1. The van der Waals surface area contributed by atoms with E-state index in [1.807, 2.05) is 36.6 Å². The predicted octanol–water partition coefficient (Wildman–Crippen LogP) is 3.87. The third kappa shape index (κ3) is 7.36. The van der Waals surface area contributed by atoms with Crippen molar-refractivity contribution in [2.24, 2.45) is 17.3 Å². The Bertz CT molecular complexity index is 2020. The molecule has 3 aliphatic carbocycles. The number of aromatic nitrogens is 4. The first kappa shape index (κ1) is 37.9. The number of nitrogens with zero attached hydrogens (tertiary/aromatic N) is 5. The Kier molecular flexibility index (Phi) is 10.1. The molecule has 0 bridgehead atoms. The molecule has 3 saturated carbocycles. The van der Waals surface area contributed by atoms with Gasteiger partial charge < -0.3 is 19.7 Å². The summed E-state index contributed by atoms with van der Waals surface area (Å²) >= 11 is 1.40. The molecule has 7 rings (SSSR count). The molecule has 4 aliphatic rings. The Balaban J connectivity index is 1.23. The third-order valence-corrected chi connectivity index (χ3v) is 13.6. The maximum Gasteiger partial charge on any atom is 0.319 e. The van der Waals surface area contributed by atoms with Crippen LogP contribution in [0, 0.1) is 17.3 Å². The van der Waals surface area contributed by atoms with Crippen LogP contribution in [0.2, 0.25) is 0 Å². The highest BCUT2D eigenvalue weighted by Gasteiger charge is 2.62. The van der Waals surface area contributed by atoms with Gasteiger partial charge in [-0.05, 0) is 74.1 Å². The summed E-state index contributed by atoms with van der Waals surface area (Å²) in [7, 11) is -2.29. The van der Waals surface area contributed by atoms with Gasteiger partial charge in [-0.15, -0.1) is 16.4 Å². The number of benzene rings is 1. The van der Waals surface area contributed by atoms with Gasteiger partial charge in [-0.1, -0.05) is 34.1 Å². The number of nitrogens with one attached hydrogen (secondary N) is 2. The Hall–Kier alpha value is -4.38. The van der Waals surface area contributed by atoms with E-state index in [1.165, 1.54) is 21.0 Å². The summed E-state index contributed by atoms with van der Waals surface area (Å²) in [6.45, 7) is 7.21. The first-order valence-corrected chi connectivity index (χ1v) is 21.0. The maximum atomic E-state index is 14.7. The number of sulfonamides is 1. The van der Waals surface area contributed by atoms with Crippen LogP contribution in [0.15, 0.2) is 35.8 Å². The predicted molar refractivity (Wildman–Crippen MR) is 198 cm³/mol. The smallest absolute Gasteiger partial charge is 0.319 e. The van der Waals surface area contributed by atoms with Crippen molar-refractivity contribution in [3.63, 3.8) is 0 Å². The molecule has 2 aromatic heterocycles. The van der Waals surface area contributed by atoms with Gasteiger partial charge in [0.25, 0.3) is 5.91 Å². The quantitative estimate of drug-likeness (QED) is 0.189. The largest absolute Gasteiger partial charge is 0.497 e. The molecule has 3 heterocycles. The van der Waals surface area contributed by atoms with Crippen LogP contribution in [-0.2, 0) is 33.9 Å². The van der Waals surface area contributed by atoms with Crippen molar-refractivity contribution in [3.8, 4) is 27.7 Å². The summed E-state index contributed by atoms with van der Waals surface area (Å²) < 4.78 is 38.9. The van der Waals surface area contributed by atoms with Gasteiger partial charge in [0.1, 0.15) is 45.7 Å². The van der Waals surface area contributed by atoms with Crippen molar-refractivity contribution in [1.82, 2.24) is 34.9 Å². The standard InChI is InChI=1S/C37H47N7O8S2/c1-6-22-19-37(22,35(48)42-54(49,50)26-14-15-26)39-31(45)27-18-23(20-43(27)33(46)28(36(2,3)4)34(47)52-25-8-7-9-25)44-40-29(21-10-12-24(51-5)13-11-21)30(41-44)32-38-16-17-53-32/h10-13,16-17,22-23,25-28H,6-9,14-15,18-20H2,1-5H3,(H,39,45)(H,42,48)/t22-,23-,27+,28-,37+/m1/s1. The molecule has 1 saturated heterocycles. The van der Waals surface area contributed by atoms with Crippen molar-refractivity contribution in [2.75, 3.05) is 13.7 Å². The van der Waals surface area contributed by atoms with Gasteiger partial charge in [-0.2, -0.15) is 9.90 Å². The van der Waals surface area contributed by atoms with E-state index in [1.54, 1.807) is 34.1 Å². The average Bonchev–Trinajstić information content (AvgIpc) is 3.88. The topological polar surface area (TPSA) is 192 Å². The molecule has 5 atom stereocenters. The third-order valence-electron chi connectivity index (χ3n) is 11.1. The molecule has 1 aliphatic heterocycles. The minimum atomic E-state index is -3.87. The number of rotatable bonds is 13. The van der Waals surface area contributed by atoms with Crippen molar-refractivity contribution in [2.45, 2.75) is 108 Å². The Morgan fingerprint density at radius 2 is 1.76 bits per heavy atom. The summed E-state index contributed by atoms with van der Waals surface area (Å²) in [4.78, 5) is 63.8. The molecular formula is C37H47N7O8S2. The van der Waals surface area contributed by atoms with E-state index < -0.39 is 67.9 Å². The van der Waals surface area contributed by atoms with E-state index in [2.05, 4.69) is 15.0 Å². The minimum Gasteiger partial charge on any atom is -0.497 e. The number of hydrogen-bond acceptors (Lipinski definition) is 12. The monoisotopic (exact) mass is 781 g/mol. The Morgan fingerprint density at radius 1 is 1.06 bits per heavy atom. The number of methoxy groups -OCH3 is 1. The molecule has 0 unspecified atom stereocenters. The van der Waals surface area contributed by atoms with Crippen LogP contribution >= 0.6 is 11.3 Å². The van der Waals surface area contributed by atoms with Crippen LogP contribution in [-0.4, -0.2) is 93.6 Å². The highest BCUT2D eigenvalue weighted by atomic mass is 32.2. The average molecular weight is 782 g/mol. The molecule has 1 aromatic carbocycles. The Labute approximate surface area is 318 Å². The lowest BCUT2D eigenvalue weighted by Gasteiger charge is -2.35. The van der Waals surface area contributed by atoms with Crippen LogP contribution in [0.1, 0.15) is 85.1 Å². The van der Waals surface area contributed by atoms with E-state index in [0.29, 0.717) is 41.4 Å². The fourth-order valence-corrected chi connectivity index (χ4v) is 9.38. The van der Waals surface area contributed by atoms with Crippen molar-refractivity contribution < 1.29 is 37.1 Å². The summed E-state index contributed by atoms with van der Waals surface area (Å²) in [5, 5.41) is 14.5. The van der Waals surface area contributed by atoms with Crippen LogP contribution in [0.5, 0.6) is 5.75 Å². The first-order chi connectivity index (χ1) is 25.6. The van der Waals surface area contributed by atoms with Gasteiger partial charge in [0, 0.05) is 30.1 Å². The van der Waals surface area contributed by atoms with Crippen LogP contribution in [0.3, 0.4) is 0 Å². The van der Waals surface area contributed by atoms with Gasteiger partial charge in [-0.3, -0.25) is 23.9 Å². The number of carbonyl (C=O) groups is 4. The van der Waals surface area contributed by atoms with Crippen molar-refractivity contribution >= 4 is 45.1 Å². The molecule has 15 nitrogen and oxygen atoms in total. The van der Waals surface area contributed by atoms with Gasteiger partial charge >= 0.3 is 5.97 Å². The van der Waals surface area contributed by atoms with E-state index in [0.717, 1.165) is 24.8 Å². The second kappa shape index (κ2) is 14.4. The lowest BCUT2D eigenvalue weighted by atomic mass is 9.79. The molecule has 3 amide bonds. The van der Waals surface area contributed by atoms with Gasteiger partial charge in [-0.25, -0.2) is 13.4 Å². The number of likely N-dealkylation sites (tertiary alicyclic amines) is 1. The molecule has 2 N–H and O–H groups in total.